The molecule has 0 radical (unpaired) electrons. The van der Waals surface area contributed by atoms with Crippen molar-refractivity contribution in [3.8, 4) is 0 Å². The van der Waals surface area contributed by atoms with Crippen molar-refractivity contribution in [2.24, 2.45) is 0 Å². The van der Waals surface area contributed by atoms with E-state index in [1.54, 1.807) is 11.3 Å². The first-order valence-electron chi connectivity index (χ1n) is 8.46. The van der Waals surface area contributed by atoms with Gasteiger partial charge >= 0.3 is 5.97 Å². The highest BCUT2D eigenvalue weighted by molar-refractivity contribution is 7.80. The fraction of sp³-hybridized carbons (Fsp3) is 0.368. The minimum Gasteiger partial charge on any atom is -0.462 e. The minimum atomic E-state index is -0.265. The quantitative estimate of drug-likeness (QED) is 0.592. The third kappa shape index (κ3) is 4.02. The van der Waals surface area contributed by atoms with Crippen LogP contribution in [0, 0.1) is 13.8 Å². The van der Waals surface area contributed by atoms with Gasteiger partial charge in [-0.25, -0.2) is 4.79 Å². The number of ether oxygens (including phenoxy) is 1. The Hall–Kier alpha value is -1.92. The number of esters is 1. The highest BCUT2D eigenvalue weighted by Crippen LogP contribution is 2.39. The summed E-state index contributed by atoms with van der Waals surface area (Å²) in [5.41, 5.74) is 5.07. The van der Waals surface area contributed by atoms with Gasteiger partial charge in [0, 0.05) is 10.6 Å². The van der Waals surface area contributed by atoms with Crippen LogP contribution in [0.3, 0.4) is 0 Å². The van der Waals surface area contributed by atoms with Crippen molar-refractivity contribution < 1.29 is 9.53 Å². The average Bonchev–Trinajstić information content (AvgIpc) is 3.06. The van der Waals surface area contributed by atoms with Crippen LogP contribution in [0.15, 0.2) is 18.2 Å². The van der Waals surface area contributed by atoms with Crippen molar-refractivity contribution >= 4 is 45.3 Å². The van der Waals surface area contributed by atoms with Crippen LogP contribution in [0.2, 0.25) is 0 Å². The number of thiophene rings is 1. The zero-order valence-corrected chi connectivity index (χ0v) is 16.3. The molecule has 1 aliphatic carbocycles. The smallest absolute Gasteiger partial charge is 0.341 e. The van der Waals surface area contributed by atoms with Gasteiger partial charge in [-0.1, -0.05) is 6.07 Å². The first kappa shape index (κ1) is 17.9. The Balaban J connectivity index is 1.80. The number of carbonyl (C=O) groups excluding carboxylic acids is 1. The number of hydrogen-bond acceptors (Lipinski definition) is 4. The van der Waals surface area contributed by atoms with Gasteiger partial charge in [0.1, 0.15) is 5.00 Å². The SMILES string of the molecule is CCOC(=O)c1c(NC(=S)Nc2cc(C)cc(C)c2)sc2c1CCC2. The van der Waals surface area contributed by atoms with Gasteiger partial charge in [0.15, 0.2) is 5.11 Å². The van der Waals surface area contributed by atoms with Gasteiger partial charge in [-0.15, -0.1) is 11.3 Å². The molecule has 0 unspecified atom stereocenters. The molecular weight excluding hydrogens is 352 g/mol. The Labute approximate surface area is 157 Å². The van der Waals surface area contributed by atoms with E-state index in [1.165, 1.54) is 16.0 Å². The van der Waals surface area contributed by atoms with Gasteiger partial charge in [0.05, 0.1) is 12.2 Å². The van der Waals surface area contributed by atoms with Crippen molar-refractivity contribution in [3.63, 3.8) is 0 Å². The Kier molecular flexibility index (Phi) is 5.39. The normalized spacial score (nSPS) is 12.6. The molecule has 0 saturated heterocycles. The van der Waals surface area contributed by atoms with Crippen LogP contribution in [-0.2, 0) is 17.6 Å². The molecule has 0 spiro atoms. The molecule has 132 valence electrons. The van der Waals surface area contributed by atoms with Crippen LogP contribution >= 0.6 is 23.6 Å². The summed E-state index contributed by atoms with van der Waals surface area (Å²) in [6, 6.07) is 6.20. The molecule has 0 bridgehead atoms. The summed E-state index contributed by atoms with van der Waals surface area (Å²) >= 11 is 7.06. The number of nitrogens with one attached hydrogen (secondary N) is 2. The Bertz CT molecular complexity index is 807. The number of anilines is 2. The van der Waals surface area contributed by atoms with Crippen LogP contribution in [0.25, 0.3) is 0 Å². The first-order chi connectivity index (χ1) is 12.0. The lowest BCUT2D eigenvalue weighted by Gasteiger charge is -2.12. The van der Waals surface area contributed by atoms with E-state index in [9.17, 15) is 4.79 Å². The van der Waals surface area contributed by atoms with E-state index in [4.69, 9.17) is 17.0 Å². The molecule has 2 aromatic rings. The van der Waals surface area contributed by atoms with E-state index in [-0.39, 0.29) is 5.97 Å². The number of hydrogen-bond donors (Lipinski definition) is 2. The van der Waals surface area contributed by atoms with E-state index in [0.717, 1.165) is 35.5 Å². The topological polar surface area (TPSA) is 50.4 Å². The molecule has 6 heteroatoms. The van der Waals surface area contributed by atoms with E-state index < -0.39 is 0 Å². The zero-order valence-electron chi connectivity index (χ0n) is 14.7. The fourth-order valence-corrected chi connectivity index (χ4v) is 4.79. The molecule has 2 N–H and O–H groups in total. The maximum absolute atomic E-state index is 12.4. The highest BCUT2D eigenvalue weighted by atomic mass is 32.1. The third-order valence-electron chi connectivity index (χ3n) is 4.11. The van der Waals surface area contributed by atoms with Crippen molar-refractivity contribution in [1.29, 1.82) is 0 Å². The maximum atomic E-state index is 12.4. The number of benzene rings is 1. The van der Waals surface area contributed by atoms with Crippen molar-refractivity contribution in [2.75, 3.05) is 17.2 Å². The maximum Gasteiger partial charge on any atom is 0.341 e. The molecule has 0 amide bonds. The van der Waals surface area contributed by atoms with E-state index in [2.05, 4.69) is 30.5 Å². The molecule has 1 aliphatic rings. The molecule has 0 saturated carbocycles. The number of aryl methyl sites for hydroxylation is 3. The monoisotopic (exact) mass is 374 g/mol. The molecule has 1 aromatic carbocycles. The largest absolute Gasteiger partial charge is 0.462 e. The summed E-state index contributed by atoms with van der Waals surface area (Å²) in [6.45, 7) is 6.30. The van der Waals surface area contributed by atoms with Crippen LogP contribution in [0.5, 0.6) is 0 Å². The molecule has 1 aromatic heterocycles. The lowest BCUT2D eigenvalue weighted by Crippen LogP contribution is -2.20. The fourth-order valence-electron chi connectivity index (χ4n) is 3.22. The lowest BCUT2D eigenvalue weighted by atomic mass is 10.1. The molecule has 0 aliphatic heterocycles. The summed E-state index contributed by atoms with van der Waals surface area (Å²) < 4.78 is 5.25. The zero-order chi connectivity index (χ0) is 18.0. The predicted molar refractivity (Wildman–Crippen MR) is 108 cm³/mol. The number of fused-ring (bicyclic) bond motifs is 1. The first-order valence-corrected chi connectivity index (χ1v) is 9.68. The second-order valence-electron chi connectivity index (χ2n) is 6.24. The molecule has 0 fully saturated rings. The van der Waals surface area contributed by atoms with Crippen LogP contribution in [0.1, 0.15) is 45.3 Å². The van der Waals surface area contributed by atoms with Gasteiger partial charge in [0.2, 0.25) is 0 Å². The van der Waals surface area contributed by atoms with Crippen LogP contribution in [0.4, 0.5) is 10.7 Å². The standard InChI is InChI=1S/C19H22N2O2S2/c1-4-23-18(22)16-14-6-5-7-15(14)25-17(16)21-19(24)20-13-9-11(2)8-12(3)10-13/h8-10H,4-7H2,1-3H3,(H2,20,21,24). The molecule has 0 atom stereocenters. The van der Waals surface area contributed by atoms with Gasteiger partial charge in [-0.3, -0.25) is 0 Å². The average molecular weight is 375 g/mol. The van der Waals surface area contributed by atoms with Crippen molar-refractivity contribution in [3.05, 3.63) is 45.3 Å². The summed E-state index contributed by atoms with van der Waals surface area (Å²) in [6.07, 6.45) is 3.05. The third-order valence-corrected chi connectivity index (χ3v) is 5.52. The number of thiocarbonyl (C=S) groups is 1. The summed E-state index contributed by atoms with van der Waals surface area (Å²) in [5, 5.41) is 7.68. The predicted octanol–water partition coefficient (Wildman–Crippen LogP) is 4.84. The van der Waals surface area contributed by atoms with Crippen LogP contribution in [-0.4, -0.2) is 17.7 Å². The summed E-state index contributed by atoms with van der Waals surface area (Å²) in [5.74, 6) is -0.265. The lowest BCUT2D eigenvalue weighted by molar-refractivity contribution is 0.0527. The minimum absolute atomic E-state index is 0.265. The van der Waals surface area contributed by atoms with Crippen molar-refractivity contribution in [2.45, 2.75) is 40.0 Å². The number of rotatable bonds is 4. The molecule has 4 nitrogen and oxygen atoms in total. The Morgan fingerprint density at radius 1 is 1.20 bits per heavy atom. The second kappa shape index (κ2) is 7.54. The van der Waals surface area contributed by atoms with E-state index >= 15 is 0 Å². The van der Waals surface area contributed by atoms with Gasteiger partial charge in [-0.05, 0) is 81.1 Å². The number of carbonyl (C=O) groups is 1. The molecule has 25 heavy (non-hydrogen) atoms. The second-order valence-corrected chi connectivity index (χ2v) is 7.75. The molecule has 3 rings (SSSR count). The van der Waals surface area contributed by atoms with E-state index in [0.29, 0.717) is 17.3 Å². The van der Waals surface area contributed by atoms with Gasteiger partial charge in [-0.2, -0.15) is 0 Å². The molecule has 1 heterocycles. The van der Waals surface area contributed by atoms with E-state index in [1.807, 2.05) is 19.1 Å². The summed E-state index contributed by atoms with van der Waals surface area (Å²) in [4.78, 5) is 13.7. The highest BCUT2D eigenvalue weighted by Gasteiger charge is 2.27. The Morgan fingerprint density at radius 2 is 1.92 bits per heavy atom. The summed E-state index contributed by atoms with van der Waals surface area (Å²) in [7, 11) is 0. The van der Waals surface area contributed by atoms with Gasteiger partial charge < -0.3 is 15.4 Å². The van der Waals surface area contributed by atoms with Crippen LogP contribution < -0.4 is 10.6 Å². The Morgan fingerprint density at radius 3 is 2.60 bits per heavy atom. The van der Waals surface area contributed by atoms with Crippen molar-refractivity contribution in [1.82, 2.24) is 0 Å². The van der Waals surface area contributed by atoms with Gasteiger partial charge in [0.25, 0.3) is 0 Å². The molecular formula is C19H22N2O2S2.